The normalized spacial score (nSPS) is 11.8. The Labute approximate surface area is 78.9 Å². The zero-order valence-electron chi connectivity index (χ0n) is 8.55. The first-order valence-corrected chi connectivity index (χ1v) is 4.33. The van der Waals surface area contributed by atoms with Crippen LogP contribution in [0.4, 0.5) is 0 Å². The number of benzene rings is 1. The van der Waals surface area contributed by atoms with E-state index in [9.17, 15) is 0 Å². The maximum absolute atomic E-state index is 8.66. The molecule has 0 fully saturated rings. The van der Waals surface area contributed by atoms with Gasteiger partial charge in [-0.1, -0.05) is 17.3 Å². The number of hydrogen-bond donors (Lipinski definition) is 1. The standard InChI is InChI=1S/C11H15NO/c1-7-5-6-11(10(4)12-13)9(3)8(7)2/h5-6,13H,1-4H3/b12-10-. The summed E-state index contributed by atoms with van der Waals surface area (Å²) in [5.74, 6) is 0. The molecule has 0 bridgehead atoms. The molecule has 1 rings (SSSR count). The predicted molar refractivity (Wildman–Crippen MR) is 54.7 cm³/mol. The third kappa shape index (κ3) is 1.72. The lowest BCUT2D eigenvalue weighted by molar-refractivity contribution is 0.319. The minimum absolute atomic E-state index is 0.667. The van der Waals surface area contributed by atoms with Crippen molar-refractivity contribution < 1.29 is 5.21 Å². The first kappa shape index (κ1) is 9.78. The van der Waals surface area contributed by atoms with Crippen LogP contribution in [0.15, 0.2) is 17.3 Å². The van der Waals surface area contributed by atoms with Crippen LogP contribution in [0.2, 0.25) is 0 Å². The Balaban J connectivity index is 3.34. The number of rotatable bonds is 1. The Morgan fingerprint density at radius 3 is 2.31 bits per heavy atom. The molecule has 0 radical (unpaired) electrons. The molecule has 2 heteroatoms. The van der Waals surface area contributed by atoms with Crippen LogP contribution in [0.25, 0.3) is 0 Å². The average Bonchev–Trinajstić information content (AvgIpc) is 2.13. The van der Waals surface area contributed by atoms with E-state index in [4.69, 9.17) is 5.21 Å². The molecule has 0 saturated heterocycles. The second kappa shape index (κ2) is 3.60. The fourth-order valence-electron chi connectivity index (χ4n) is 1.40. The summed E-state index contributed by atoms with van der Waals surface area (Å²) in [5.41, 5.74) is 5.41. The van der Waals surface area contributed by atoms with E-state index in [2.05, 4.69) is 19.0 Å². The topological polar surface area (TPSA) is 32.6 Å². The summed E-state index contributed by atoms with van der Waals surface area (Å²) in [5, 5.41) is 11.9. The molecule has 1 aromatic carbocycles. The molecule has 0 saturated carbocycles. The van der Waals surface area contributed by atoms with E-state index in [-0.39, 0.29) is 0 Å². The highest BCUT2D eigenvalue weighted by Gasteiger charge is 2.05. The van der Waals surface area contributed by atoms with E-state index >= 15 is 0 Å². The van der Waals surface area contributed by atoms with E-state index in [0.29, 0.717) is 5.71 Å². The fourth-order valence-corrected chi connectivity index (χ4v) is 1.40. The van der Waals surface area contributed by atoms with E-state index in [1.165, 1.54) is 16.7 Å². The third-order valence-electron chi connectivity index (χ3n) is 2.60. The van der Waals surface area contributed by atoms with Crippen molar-refractivity contribution in [2.24, 2.45) is 5.16 Å². The van der Waals surface area contributed by atoms with Gasteiger partial charge in [0.1, 0.15) is 0 Å². The van der Waals surface area contributed by atoms with Crippen molar-refractivity contribution >= 4 is 5.71 Å². The van der Waals surface area contributed by atoms with Crippen LogP contribution in [-0.4, -0.2) is 10.9 Å². The highest BCUT2D eigenvalue weighted by atomic mass is 16.4. The Morgan fingerprint density at radius 2 is 1.77 bits per heavy atom. The summed E-state index contributed by atoms with van der Waals surface area (Å²) < 4.78 is 0. The largest absolute Gasteiger partial charge is 0.411 e. The SMILES string of the molecule is C/C(=N/O)c1ccc(C)c(C)c1C. The Hall–Kier alpha value is -1.31. The van der Waals surface area contributed by atoms with E-state index in [1.54, 1.807) is 6.92 Å². The molecule has 1 N–H and O–H groups in total. The van der Waals surface area contributed by atoms with E-state index < -0.39 is 0 Å². The van der Waals surface area contributed by atoms with Crippen LogP contribution in [-0.2, 0) is 0 Å². The van der Waals surface area contributed by atoms with Gasteiger partial charge in [0, 0.05) is 5.56 Å². The average molecular weight is 177 g/mol. The first-order valence-electron chi connectivity index (χ1n) is 4.33. The van der Waals surface area contributed by atoms with Crippen LogP contribution in [0.5, 0.6) is 0 Å². The van der Waals surface area contributed by atoms with Gasteiger partial charge in [-0.25, -0.2) is 0 Å². The van der Waals surface area contributed by atoms with Crippen LogP contribution in [0, 0.1) is 20.8 Å². The van der Waals surface area contributed by atoms with E-state index in [0.717, 1.165) is 5.56 Å². The minimum atomic E-state index is 0.667. The zero-order valence-corrected chi connectivity index (χ0v) is 8.55. The highest BCUT2D eigenvalue weighted by Crippen LogP contribution is 2.17. The predicted octanol–water partition coefficient (Wildman–Crippen LogP) is 2.81. The molecule has 1 aromatic rings. The van der Waals surface area contributed by atoms with Gasteiger partial charge in [-0.05, 0) is 44.4 Å². The van der Waals surface area contributed by atoms with Crippen molar-refractivity contribution in [1.82, 2.24) is 0 Å². The molecule has 0 aliphatic rings. The van der Waals surface area contributed by atoms with Crippen LogP contribution >= 0.6 is 0 Å². The fraction of sp³-hybridized carbons (Fsp3) is 0.364. The summed E-state index contributed by atoms with van der Waals surface area (Å²) in [6, 6.07) is 4.04. The summed E-state index contributed by atoms with van der Waals surface area (Å²) >= 11 is 0. The molecule has 0 atom stereocenters. The summed E-state index contributed by atoms with van der Waals surface area (Å²) in [4.78, 5) is 0. The molecule has 0 aliphatic carbocycles. The Bertz CT molecular complexity index is 353. The van der Waals surface area contributed by atoms with Gasteiger partial charge in [0.05, 0.1) is 5.71 Å². The molecule has 0 spiro atoms. The van der Waals surface area contributed by atoms with Gasteiger partial charge < -0.3 is 5.21 Å². The van der Waals surface area contributed by atoms with E-state index in [1.807, 2.05) is 19.1 Å². The van der Waals surface area contributed by atoms with Crippen molar-refractivity contribution in [3.63, 3.8) is 0 Å². The Kier molecular flexibility index (Phi) is 2.71. The van der Waals surface area contributed by atoms with Crippen molar-refractivity contribution in [2.75, 3.05) is 0 Å². The summed E-state index contributed by atoms with van der Waals surface area (Å²) in [6.45, 7) is 8.01. The summed E-state index contributed by atoms with van der Waals surface area (Å²) in [6.07, 6.45) is 0. The van der Waals surface area contributed by atoms with Gasteiger partial charge in [0.15, 0.2) is 0 Å². The quantitative estimate of drug-likeness (QED) is 0.399. The molecule has 0 aliphatic heterocycles. The van der Waals surface area contributed by atoms with Gasteiger partial charge in [0.2, 0.25) is 0 Å². The molecular formula is C11H15NO. The van der Waals surface area contributed by atoms with Gasteiger partial charge in [-0.15, -0.1) is 0 Å². The van der Waals surface area contributed by atoms with Crippen LogP contribution < -0.4 is 0 Å². The van der Waals surface area contributed by atoms with Gasteiger partial charge >= 0.3 is 0 Å². The maximum atomic E-state index is 8.66. The van der Waals surface area contributed by atoms with Crippen LogP contribution in [0.1, 0.15) is 29.2 Å². The number of nitrogens with zero attached hydrogens (tertiary/aromatic N) is 1. The second-order valence-corrected chi connectivity index (χ2v) is 3.37. The van der Waals surface area contributed by atoms with Gasteiger partial charge in [-0.2, -0.15) is 0 Å². The smallest absolute Gasteiger partial charge is 0.0839 e. The van der Waals surface area contributed by atoms with Crippen molar-refractivity contribution in [2.45, 2.75) is 27.7 Å². The third-order valence-corrected chi connectivity index (χ3v) is 2.60. The number of hydrogen-bond acceptors (Lipinski definition) is 2. The Morgan fingerprint density at radius 1 is 1.15 bits per heavy atom. The van der Waals surface area contributed by atoms with Crippen molar-refractivity contribution in [3.8, 4) is 0 Å². The van der Waals surface area contributed by atoms with Crippen molar-refractivity contribution in [3.05, 3.63) is 34.4 Å². The lowest BCUT2D eigenvalue weighted by Crippen LogP contribution is -2.00. The van der Waals surface area contributed by atoms with Gasteiger partial charge in [0.25, 0.3) is 0 Å². The lowest BCUT2D eigenvalue weighted by Gasteiger charge is -2.09. The zero-order chi connectivity index (χ0) is 10.0. The lowest BCUT2D eigenvalue weighted by atomic mass is 9.97. The second-order valence-electron chi connectivity index (χ2n) is 3.37. The summed E-state index contributed by atoms with van der Waals surface area (Å²) in [7, 11) is 0. The molecule has 13 heavy (non-hydrogen) atoms. The molecule has 70 valence electrons. The molecule has 0 unspecified atom stereocenters. The number of aryl methyl sites for hydroxylation is 1. The molecule has 0 amide bonds. The monoisotopic (exact) mass is 177 g/mol. The van der Waals surface area contributed by atoms with Crippen LogP contribution in [0.3, 0.4) is 0 Å². The molecule has 2 nitrogen and oxygen atoms in total. The first-order chi connectivity index (χ1) is 6.07. The van der Waals surface area contributed by atoms with Crippen molar-refractivity contribution in [1.29, 1.82) is 0 Å². The minimum Gasteiger partial charge on any atom is -0.411 e. The molecule has 0 heterocycles. The molecule has 0 aromatic heterocycles. The number of oxime groups is 1. The molecular weight excluding hydrogens is 162 g/mol. The maximum Gasteiger partial charge on any atom is 0.0839 e. The van der Waals surface area contributed by atoms with Gasteiger partial charge in [-0.3, -0.25) is 0 Å². The highest BCUT2D eigenvalue weighted by molar-refractivity contribution is 5.99.